The van der Waals surface area contributed by atoms with Crippen molar-refractivity contribution in [1.82, 2.24) is 0 Å². The molecule has 9 heteroatoms. The van der Waals surface area contributed by atoms with E-state index in [1.807, 2.05) is 0 Å². The standard InChI is InChI=1S/CH2O3.2Ag.NO3/c2-1(3)4;;;2-1(3)4/h(H2,2,3,4);;;/q;;+1;-1. The van der Waals surface area contributed by atoms with Gasteiger partial charge in [0.1, 0.15) is 0 Å². The van der Waals surface area contributed by atoms with E-state index in [1.165, 1.54) is 0 Å². The molecule has 7 nitrogen and oxygen atoms in total. The number of hydrogen-bond donors (Lipinski definition) is 2. The minimum atomic E-state index is -1.83. The van der Waals surface area contributed by atoms with Crippen LogP contribution in [0.3, 0.4) is 0 Å². The maximum atomic E-state index is 8.56. The second kappa shape index (κ2) is 16.0. The van der Waals surface area contributed by atoms with Crippen LogP contribution in [0.4, 0.5) is 4.79 Å². The molecule has 69 valence electrons. The third kappa shape index (κ3) is 157000. The molecule has 0 aliphatic rings. The summed E-state index contributed by atoms with van der Waals surface area (Å²) in [6.45, 7) is 0. The van der Waals surface area contributed by atoms with Gasteiger partial charge in [0.05, 0.1) is 5.09 Å². The van der Waals surface area contributed by atoms with E-state index >= 15 is 0 Å². The third-order valence-electron chi connectivity index (χ3n) is 0. The van der Waals surface area contributed by atoms with Gasteiger partial charge in [-0.05, 0) is 0 Å². The van der Waals surface area contributed by atoms with Crippen molar-refractivity contribution in [1.29, 1.82) is 0 Å². The van der Waals surface area contributed by atoms with Gasteiger partial charge in [0, 0.05) is 22.4 Å². The van der Waals surface area contributed by atoms with E-state index in [9.17, 15) is 0 Å². The Morgan fingerprint density at radius 3 is 1.30 bits per heavy atom. The van der Waals surface area contributed by atoms with Crippen LogP contribution in [0.25, 0.3) is 0 Å². The fourth-order valence-corrected chi connectivity index (χ4v) is 0. The van der Waals surface area contributed by atoms with Crippen molar-refractivity contribution in [3.63, 3.8) is 0 Å². The molecule has 1 radical (unpaired) electrons. The van der Waals surface area contributed by atoms with Crippen molar-refractivity contribution in [2.75, 3.05) is 0 Å². The van der Waals surface area contributed by atoms with E-state index in [0.717, 1.165) is 0 Å². The number of carboxylic acid groups (broad SMARTS) is 2. The number of nitrogens with zero attached hydrogens (tertiary/aromatic N) is 1. The predicted molar refractivity (Wildman–Crippen MR) is 21.0 cm³/mol. The van der Waals surface area contributed by atoms with Crippen LogP contribution in [0.2, 0.25) is 0 Å². The number of hydrogen-bond acceptors (Lipinski definition) is 4. The second-order valence-electron chi connectivity index (χ2n) is 0.506. The summed E-state index contributed by atoms with van der Waals surface area (Å²) in [6.07, 6.45) is -1.83. The first kappa shape index (κ1) is 22.5. The second-order valence-corrected chi connectivity index (χ2v) is 0.506. The van der Waals surface area contributed by atoms with Gasteiger partial charge in [-0.25, -0.2) is 4.79 Å². The molecule has 10 heavy (non-hydrogen) atoms. The molecule has 0 aliphatic heterocycles. The maximum absolute atomic E-state index is 8.56. The van der Waals surface area contributed by atoms with Gasteiger partial charge in [-0.3, -0.25) is 0 Å². The van der Waals surface area contributed by atoms with Crippen molar-refractivity contribution in [3.05, 3.63) is 15.3 Å². The van der Waals surface area contributed by atoms with Gasteiger partial charge in [-0.2, -0.15) is 0 Å². The average Bonchev–Trinajstić information content (AvgIpc) is 1.25. The number of rotatable bonds is 0. The largest absolute Gasteiger partial charge is 1.00 e. The first-order valence-corrected chi connectivity index (χ1v) is 1.20. The van der Waals surface area contributed by atoms with E-state index in [2.05, 4.69) is 0 Å². The molecule has 0 heterocycles. The normalized spacial score (nSPS) is 4.80. The van der Waals surface area contributed by atoms with Crippen molar-refractivity contribution in [2.24, 2.45) is 0 Å². The Balaban J connectivity index is -0.0000000300. The van der Waals surface area contributed by atoms with Crippen molar-refractivity contribution < 1.29 is 64.9 Å². The fourth-order valence-electron chi connectivity index (χ4n) is 0. The first-order valence-electron chi connectivity index (χ1n) is 1.20. The van der Waals surface area contributed by atoms with E-state index in [1.54, 1.807) is 0 Å². The topological polar surface area (TPSA) is 124 Å². The van der Waals surface area contributed by atoms with Crippen molar-refractivity contribution >= 4 is 6.16 Å². The van der Waals surface area contributed by atoms with Crippen LogP contribution in [0, 0.1) is 15.3 Å². The zero-order valence-electron chi connectivity index (χ0n) is 4.08. The number of carbonyl (C=O) groups is 1. The van der Waals surface area contributed by atoms with Gasteiger partial charge in [-0.15, -0.1) is 0 Å². The zero-order valence-corrected chi connectivity index (χ0v) is 7.04. The van der Waals surface area contributed by atoms with Gasteiger partial charge in [0.2, 0.25) is 0 Å². The Morgan fingerprint density at radius 2 is 1.30 bits per heavy atom. The molecular weight excluding hydrogens is 338 g/mol. The summed E-state index contributed by atoms with van der Waals surface area (Å²) in [5.74, 6) is 0. The molecular formula is CH2Ag2NO6. The van der Waals surface area contributed by atoms with Crippen molar-refractivity contribution in [2.45, 2.75) is 0 Å². The monoisotopic (exact) mass is 338 g/mol. The van der Waals surface area contributed by atoms with Crippen molar-refractivity contribution in [3.8, 4) is 0 Å². The van der Waals surface area contributed by atoms with E-state index in [-0.39, 0.29) is 44.8 Å². The van der Waals surface area contributed by atoms with Crippen LogP contribution >= 0.6 is 0 Å². The molecule has 0 fully saturated rings. The van der Waals surface area contributed by atoms with Gasteiger partial charge in [-0.1, -0.05) is 0 Å². The molecule has 0 unspecified atom stereocenters. The molecule has 0 rings (SSSR count). The van der Waals surface area contributed by atoms with Crippen LogP contribution in [0.15, 0.2) is 0 Å². The summed E-state index contributed by atoms with van der Waals surface area (Å²) in [4.78, 5) is 16.8. The van der Waals surface area contributed by atoms with Crippen LogP contribution in [-0.4, -0.2) is 21.5 Å². The van der Waals surface area contributed by atoms with Gasteiger partial charge >= 0.3 is 28.5 Å². The minimum Gasteiger partial charge on any atom is -0.450 e. The summed E-state index contributed by atoms with van der Waals surface area (Å²) in [6, 6.07) is 0. The van der Waals surface area contributed by atoms with Crippen LogP contribution in [-0.2, 0) is 44.8 Å². The predicted octanol–water partition coefficient (Wildman–Crippen LogP) is -0.0217. The molecule has 0 bridgehead atoms. The Labute approximate surface area is 86.2 Å². The Hall–Kier alpha value is -0.0495. The Morgan fingerprint density at radius 1 is 1.30 bits per heavy atom. The fraction of sp³-hybridized carbons (Fsp3) is 0. The quantitative estimate of drug-likeness (QED) is 0.363. The zero-order chi connectivity index (χ0) is 7.15. The van der Waals surface area contributed by atoms with Crippen LogP contribution in [0.5, 0.6) is 0 Å². The Kier molecular flexibility index (Phi) is 36.0. The van der Waals surface area contributed by atoms with E-state index in [4.69, 9.17) is 30.3 Å². The molecule has 0 amide bonds. The molecule has 0 aliphatic carbocycles. The van der Waals surface area contributed by atoms with Gasteiger partial charge in [0.25, 0.3) is 0 Å². The SMILES string of the molecule is O=C(O)O.O=[N+]([O-])[O-].[Ag+].[Ag]. The molecule has 2 N–H and O–H groups in total. The van der Waals surface area contributed by atoms with Crippen LogP contribution in [0.1, 0.15) is 0 Å². The summed E-state index contributed by atoms with van der Waals surface area (Å²) in [5.41, 5.74) is 0. The summed E-state index contributed by atoms with van der Waals surface area (Å²) >= 11 is 0. The van der Waals surface area contributed by atoms with Gasteiger partial charge in [0.15, 0.2) is 0 Å². The molecule has 0 aromatic heterocycles. The minimum absolute atomic E-state index is 0. The summed E-state index contributed by atoms with van der Waals surface area (Å²) in [7, 11) is 0. The molecule has 0 aromatic rings. The third-order valence-corrected chi connectivity index (χ3v) is 0. The smallest absolute Gasteiger partial charge is 0.450 e. The molecule has 0 aromatic carbocycles. The van der Waals surface area contributed by atoms with Gasteiger partial charge < -0.3 is 25.5 Å². The molecule has 0 spiro atoms. The average molecular weight is 340 g/mol. The molecule has 0 saturated heterocycles. The molecule has 0 atom stereocenters. The Bertz CT molecular complexity index is 73.7. The first-order chi connectivity index (χ1) is 3.46. The summed E-state index contributed by atoms with van der Waals surface area (Å²) in [5, 5.41) is 28.7. The van der Waals surface area contributed by atoms with E-state index < -0.39 is 11.2 Å². The maximum Gasteiger partial charge on any atom is 1.00 e. The molecule has 0 saturated carbocycles. The van der Waals surface area contributed by atoms with Crippen LogP contribution < -0.4 is 0 Å². The van der Waals surface area contributed by atoms with E-state index in [0.29, 0.717) is 0 Å². The summed E-state index contributed by atoms with van der Waals surface area (Å²) < 4.78 is 0.